The van der Waals surface area contributed by atoms with Crippen LogP contribution in [-0.4, -0.2) is 38.8 Å². The van der Waals surface area contributed by atoms with E-state index < -0.39 is 0 Å². The zero-order valence-electron chi connectivity index (χ0n) is 16.1. The molecule has 3 aliphatic rings. The first-order chi connectivity index (χ1) is 14.3. The Kier molecular flexibility index (Phi) is 6.97. The molecule has 0 radical (unpaired) electrons. The molecular formula is C21H22Br3ClN2O3. The Hall–Kier alpha value is -0.440. The minimum Gasteiger partial charge on any atom is -0.325 e. The number of carbonyl (C=O) groups excluding carboxylic acids is 3. The van der Waals surface area contributed by atoms with Crippen molar-refractivity contribution in [1.82, 2.24) is 4.90 Å². The number of rotatable bonds is 7. The highest BCUT2D eigenvalue weighted by Gasteiger charge is 2.66. The molecule has 1 saturated heterocycles. The molecular weight excluding hydrogens is 603 g/mol. The maximum absolute atomic E-state index is 12.9. The van der Waals surface area contributed by atoms with Crippen LogP contribution in [-0.2, 0) is 14.4 Å². The number of hydrogen-bond donors (Lipinski definition) is 1. The van der Waals surface area contributed by atoms with Crippen LogP contribution < -0.4 is 5.32 Å². The summed E-state index contributed by atoms with van der Waals surface area (Å²) in [6.07, 6.45) is 3.52. The summed E-state index contributed by atoms with van der Waals surface area (Å²) in [7, 11) is 0. The summed E-state index contributed by atoms with van der Waals surface area (Å²) >= 11 is 16.9. The van der Waals surface area contributed by atoms with Crippen LogP contribution in [0.2, 0.25) is 5.02 Å². The first-order valence-corrected chi connectivity index (χ1v) is 13.2. The molecule has 0 unspecified atom stereocenters. The minimum atomic E-state index is -0.151. The highest BCUT2D eigenvalue weighted by atomic mass is 79.9. The van der Waals surface area contributed by atoms with Crippen molar-refractivity contribution in [2.45, 2.75) is 41.8 Å². The van der Waals surface area contributed by atoms with Crippen molar-refractivity contribution < 1.29 is 14.4 Å². The second-order valence-electron chi connectivity index (χ2n) is 8.31. The summed E-state index contributed by atoms with van der Waals surface area (Å²) in [5, 5.41) is 3.30. The van der Waals surface area contributed by atoms with E-state index in [1.54, 1.807) is 12.1 Å². The Labute approximate surface area is 206 Å². The second kappa shape index (κ2) is 9.20. The van der Waals surface area contributed by atoms with Crippen LogP contribution in [0.25, 0.3) is 0 Å². The first kappa shape index (κ1) is 22.7. The highest BCUT2D eigenvalue weighted by molar-refractivity contribution is 9.12. The van der Waals surface area contributed by atoms with E-state index in [-0.39, 0.29) is 51.0 Å². The maximum atomic E-state index is 12.9. The van der Waals surface area contributed by atoms with Gasteiger partial charge in [0, 0.05) is 27.1 Å². The lowest BCUT2D eigenvalue weighted by Gasteiger charge is -2.28. The van der Waals surface area contributed by atoms with E-state index >= 15 is 0 Å². The van der Waals surface area contributed by atoms with Gasteiger partial charge >= 0.3 is 0 Å². The van der Waals surface area contributed by atoms with Crippen LogP contribution in [0.4, 0.5) is 5.69 Å². The van der Waals surface area contributed by atoms with Crippen LogP contribution in [0.1, 0.15) is 32.1 Å². The minimum absolute atomic E-state index is 0.00368. The quantitative estimate of drug-likeness (QED) is 0.252. The van der Waals surface area contributed by atoms with Gasteiger partial charge in [0.2, 0.25) is 17.7 Å². The molecule has 5 nitrogen and oxygen atoms in total. The van der Waals surface area contributed by atoms with E-state index in [2.05, 4.69) is 53.1 Å². The van der Waals surface area contributed by atoms with E-state index in [9.17, 15) is 14.4 Å². The number of amides is 3. The Balaban J connectivity index is 1.21. The Morgan fingerprint density at radius 2 is 1.70 bits per heavy atom. The number of carbonyl (C=O) groups is 3. The fraction of sp³-hybridized carbons (Fsp3) is 0.571. The normalized spacial score (nSPS) is 32.1. The number of benzene rings is 1. The van der Waals surface area contributed by atoms with Gasteiger partial charge in [-0.15, -0.1) is 0 Å². The lowest BCUT2D eigenvalue weighted by molar-refractivity contribution is -0.140. The number of imide groups is 1. The van der Waals surface area contributed by atoms with Gasteiger partial charge in [-0.1, -0.05) is 65.8 Å². The molecule has 6 atom stereocenters. The van der Waals surface area contributed by atoms with E-state index in [1.807, 2.05) is 6.07 Å². The van der Waals surface area contributed by atoms with Gasteiger partial charge in [-0.25, -0.2) is 0 Å². The van der Waals surface area contributed by atoms with Gasteiger partial charge in [-0.05, 0) is 49.3 Å². The molecule has 0 spiro atoms. The number of hydrogen-bond acceptors (Lipinski definition) is 3. The van der Waals surface area contributed by atoms with Gasteiger partial charge in [-0.2, -0.15) is 0 Å². The van der Waals surface area contributed by atoms with Crippen molar-refractivity contribution >= 4 is 82.8 Å². The molecule has 1 aliphatic heterocycles. The number of alkyl halides is 2. The molecule has 2 aliphatic carbocycles. The molecule has 1 aromatic rings. The Bertz CT molecular complexity index is 851. The summed E-state index contributed by atoms with van der Waals surface area (Å²) in [5.41, 5.74) is 0.592. The largest absolute Gasteiger partial charge is 0.325 e. The molecule has 0 aromatic heterocycles. The third-order valence-corrected chi connectivity index (χ3v) is 10.6. The van der Waals surface area contributed by atoms with Crippen LogP contribution >= 0.6 is 59.4 Å². The smallest absolute Gasteiger partial charge is 0.233 e. The lowest BCUT2D eigenvalue weighted by Crippen LogP contribution is -2.37. The summed E-state index contributed by atoms with van der Waals surface area (Å²) in [6, 6.07) is 5.31. The van der Waals surface area contributed by atoms with E-state index in [0.717, 1.165) is 17.3 Å². The van der Waals surface area contributed by atoms with Crippen molar-refractivity contribution in [2.75, 3.05) is 11.9 Å². The standard InChI is InChI=1S/C21H22Br3ClN2O3/c22-10-5-6-14(13(25)8-10)26-15(28)4-2-1-3-7-27-20(29)16-11-9-12(17(16)21(27)30)19(24)18(11)23/h5-6,8,11-12,16-19H,1-4,7,9H2,(H,26,28)/t11-,12-,16-,17-,18-,19+/m1/s1. The molecule has 9 heteroatoms. The average molecular weight is 626 g/mol. The molecule has 3 fully saturated rings. The predicted molar refractivity (Wildman–Crippen MR) is 127 cm³/mol. The number of anilines is 1. The maximum Gasteiger partial charge on any atom is 0.233 e. The second-order valence-corrected chi connectivity index (χ2v) is 11.8. The SMILES string of the molecule is O=C(CCCCCN1C(=O)[C@@H]2[C@H]3C[C@@H]([C@@H](Br)[C@H]3Br)[C@H]2C1=O)Nc1ccc(Br)cc1Cl. The number of likely N-dealkylation sites (tertiary alicyclic amines) is 1. The molecule has 4 rings (SSSR count). The zero-order valence-corrected chi connectivity index (χ0v) is 21.6. The van der Waals surface area contributed by atoms with Crippen LogP contribution in [0.15, 0.2) is 22.7 Å². The number of unbranched alkanes of at least 4 members (excludes halogenated alkanes) is 2. The molecule has 162 valence electrons. The van der Waals surface area contributed by atoms with Gasteiger partial charge in [0.15, 0.2) is 0 Å². The lowest BCUT2D eigenvalue weighted by atomic mass is 9.81. The molecule has 2 saturated carbocycles. The van der Waals surface area contributed by atoms with Crippen LogP contribution in [0.5, 0.6) is 0 Å². The number of fused-ring (bicyclic) bond motifs is 5. The van der Waals surface area contributed by atoms with Gasteiger partial charge in [0.25, 0.3) is 0 Å². The Morgan fingerprint density at radius 3 is 2.30 bits per heavy atom. The fourth-order valence-corrected chi connectivity index (χ4v) is 7.76. The van der Waals surface area contributed by atoms with Gasteiger partial charge < -0.3 is 5.32 Å². The third kappa shape index (κ3) is 4.14. The van der Waals surface area contributed by atoms with Crippen molar-refractivity contribution in [3.05, 3.63) is 27.7 Å². The van der Waals surface area contributed by atoms with Crippen LogP contribution in [0.3, 0.4) is 0 Å². The fourth-order valence-electron chi connectivity index (χ4n) is 5.17. The van der Waals surface area contributed by atoms with Gasteiger partial charge in [-0.3, -0.25) is 19.3 Å². The van der Waals surface area contributed by atoms with E-state index in [1.165, 1.54) is 4.90 Å². The van der Waals surface area contributed by atoms with E-state index in [0.29, 0.717) is 36.5 Å². The first-order valence-electron chi connectivity index (χ1n) is 10.2. The number of nitrogens with one attached hydrogen (secondary N) is 1. The summed E-state index contributed by atoms with van der Waals surface area (Å²) in [5.74, 6) is 0.113. The zero-order chi connectivity index (χ0) is 21.6. The number of nitrogens with zero attached hydrogens (tertiary/aromatic N) is 1. The third-order valence-electron chi connectivity index (χ3n) is 6.57. The number of halogens is 4. The monoisotopic (exact) mass is 622 g/mol. The Morgan fingerprint density at radius 1 is 1.07 bits per heavy atom. The van der Waals surface area contributed by atoms with Crippen molar-refractivity contribution in [1.29, 1.82) is 0 Å². The van der Waals surface area contributed by atoms with Gasteiger partial charge in [0.05, 0.1) is 22.5 Å². The molecule has 2 bridgehead atoms. The summed E-state index contributed by atoms with van der Waals surface area (Å²) in [4.78, 5) is 39.9. The highest BCUT2D eigenvalue weighted by Crippen LogP contribution is 2.60. The average Bonchev–Trinajstić information content (AvgIpc) is 3.30. The molecule has 1 N–H and O–H groups in total. The predicted octanol–water partition coefficient (Wildman–Crippen LogP) is 5.38. The van der Waals surface area contributed by atoms with Crippen molar-refractivity contribution in [2.24, 2.45) is 23.7 Å². The topological polar surface area (TPSA) is 66.5 Å². The molecule has 3 amide bonds. The summed E-state index contributed by atoms with van der Waals surface area (Å²) < 4.78 is 0.854. The molecule has 1 heterocycles. The van der Waals surface area contributed by atoms with Crippen molar-refractivity contribution in [3.8, 4) is 0 Å². The van der Waals surface area contributed by atoms with Gasteiger partial charge in [0.1, 0.15) is 0 Å². The molecule has 30 heavy (non-hydrogen) atoms. The van der Waals surface area contributed by atoms with Crippen molar-refractivity contribution in [3.63, 3.8) is 0 Å². The molecule has 1 aromatic carbocycles. The van der Waals surface area contributed by atoms with E-state index in [4.69, 9.17) is 11.6 Å². The van der Waals surface area contributed by atoms with Crippen LogP contribution in [0, 0.1) is 23.7 Å². The summed E-state index contributed by atoms with van der Waals surface area (Å²) in [6.45, 7) is 0.449.